The van der Waals surface area contributed by atoms with Crippen molar-refractivity contribution in [3.05, 3.63) is 111 Å². The Balaban J connectivity index is 1.96. The van der Waals surface area contributed by atoms with Crippen LogP contribution in [0.1, 0.15) is 35.7 Å². The molecule has 0 saturated carbocycles. The van der Waals surface area contributed by atoms with E-state index in [1.807, 2.05) is 54.6 Å². The molecule has 0 fully saturated rings. The maximum Gasteiger partial charge on any atom is 0.279 e. The summed E-state index contributed by atoms with van der Waals surface area (Å²) >= 11 is 1.31. The Morgan fingerprint density at radius 2 is 1.61 bits per heavy atom. The van der Waals surface area contributed by atoms with Gasteiger partial charge in [0.05, 0.1) is 12.8 Å². The van der Waals surface area contributed by atoms with Crippen LogP contribution >= 0.6 is 11.3 Å². The summed E-state index contributed by atoms with van der Waals surface area (Å²) in [5.41, 5.74) is 2.82. The topological polar surface area (TPSA) is 60.7 Å². The Hall–Kier alpha value is -3.77. The summed E-state index contributed by atoms with van der Waals surface area (Å²) in [5, 5.41) is 0. The fourth-order valence-electron chi connectivity index (χ4n) is 3.55. The molecule has 6 heteroatoms. The molecule has 1 aromatic heterocycles. The monoisotopic (exact) mass is 456 g/mol. The van der Waals surface area contributed by atoms with Gasteiger partial charge in [0.15, 0.2) is 0 Å². The van der Waals surface area contributed by atoms with E-state index in [1.54, 1.807) is 37.4 Å². The summed E-state index contributed by atoms with van der Waals surface area (Å²) in [7, 11) is 1.57. The summed E-state index contributed by atoms with van der Waals surface area (Å²) < 4.78 is 6.71. The zero-order valence-corrected chi connectivity index (χ0v) is 19.5. The SMILES string of the molecule is COc1ccc(C(=O)N=c2sc(-c3ccccc3)cc(=O)n2-c2ccccc2C(C)C)cc1. The second kappa shape index (κ2) is 9.79. The first-order chi connectivity index (χ1) is 16.0. The molecule has 0 aliphatic rings. The number of methoxy groups -OCH3 is 1. The Morgan fingerprint density at radius 1 is 0.939 bits per heavy atom. The highest BCUT2D eigenvalue weighted by atomic mass is 32.1. The van der Waals surface area contributed by atoms with E-state index in [0.29, 0.717) is 16.1 Å². The lowest BCUT2D eigenvalue weighted by Gasteiger charge is -2.15. The van der Waals surface area contributed by atoms with Crippen LogP contribution in [-0.2, 0) is 0 Å². The number of carbonyl (C=O) groups excluding carboxylic acids is 1. The Labute approximate surface area is 196 Å². The predicted molar refractivity (Wildman–Crippen MR) is 132 cm³/mol. The van der Waals surface area contributed by atoms with E-state index in [-0.39, 0.29) is 11.5 Å². The smallest absolute Gasteiger partial charge is 0.279 e. The highest BCUT2D eigenvalue weighted by molar-refractivity contribution is 7.12. The highest BCUT2D eigenvalue weighted by Gasteiger charge is 2.14. The maximum absolute atomic E-state index is 13.4. The summed E-state index contributed by atoms with van der Waals surface area (Å²) in [6.07, 6.45) is 0. The molecule has 0 aliphatic heterocycles. The largest absolute Gasteiger partial charge is 0.497 e. The van der Waals surface area contributed by atoms with Gasteiger partial charge in [-0.3, -0.25) is 14.2 Å². The fourth-order valence-corrected chi connectivity index (χ4v) is 4.57. The molecule has 4 rings (SSSR count). The third kappa shape index (κ3) is 4.86. The molecule has 4 aromatic rings. The van der Waals surface area contributed by atoms with Crippen LogP contribution in [0.25, 0.3) is 16.1 Å². The van der Waals surface area contributed by atoms with E-state index in [2.05, 4.69) is 18.8 Å². The van der Waals surface area contributed by atoms with E-state index in [1.165, 1.54) is 15.9 Å². The van der Waals surface area contributed by atoms with Gasteiger partial charge in [-0.05, 0) is 47.4 Å². The van der Waals surface area contributed by atoms with Gasteiger partial charge in [0, 0.05) is 16.5 Å². The minimum absolute atomic E-state index is 0.192. The lowest BCUT2D eigenvalue weighted by atomic mass is 10.0. The third-order valence-corrected chi connectivity index (χ3v) is 6.29. The van der Waals surface area contributed by atoms with Gasteiger partial charge in [0.25, 0.3) is 11.5 Å². The van der Waals surface area contributed by atoms with Gasteiger partial charge in [-0.15, -0.1) is 0 Å². The minimum Gasteiger partial charge on any atom is -0.497 e. The molecule has 0 N–H and O–H groups in total. The van der Waals surface area contributed by atoms with Gasteiger partial charge >= 0.3 is 0 Å². The highest BCUT2D eigenvalue weighted by Crippen LogP contribution is 2.24. The summed E-state index contributed by atoms with van der Waals surface area (Å²) in [5.74, 6) is 0.425. The number of hydrogen-bond acceptors (Lipinski definition) is 4. The molecule has 0 spiro atoms. The normalized spacial score (nSPS) is 11.6. The Morgan fingerprint density at radius 3 is 2.27 bits per heavy atom. The number of aromatic nitrogens is 1. The first-order valence-corrected chi connectivity index (χ1v) is 11.4. The van der Waals surface area contributed by atoms with Crippen molar-refractivity contribution in [2.45, 2.75) is 19.8 Å². The molecule has 5 nitrogen and oxygen atoms in total. The van der Waals surface area contributed by atoms with Crippen LogP contribution < -0.4 is 15.1 Å². The molecule has 0 unspecified atom stereocenters. The second-order valence-electron chi connectivity index (χ2n) is 7.79. The van der Waals surface area contributed by atoms with Crippen molar-refractivity contribution in [2.24, 2.45) is 4.99 Å². The van der Waals surface area contributed by atoms with Crippen LogP contribution in [0, 0.1) is 0 Å². The van der Waals surface area contributed by atoms with Gasteiger partial charge in [-0.1, -0.05) is 73.7 Å². The Bertz CT molecular complexity index is 1400. The predicted octanol–water partition coefficient (Wildman–Crippen LogP) is 5.44. The van der Waals surface area contributed by atoms with E-state index >= 15 is 0 Å². The fraction of sp³-hybridized carbons (Fsp3) is 0.148. The van der Waals surface area contributed by atoms with Gasteiger partial charge in [-0.25, -0.2) is 0 Å². The molecule has 0 atom stereocenters. The first-order valence-electron chi connectivity index (χ1n) is 10.6. The number of carbonyl (C=O) groups is 1. The van der Waals surface area contributed by atoms with Crippen molar-refractivity contribution >= 4 is 17.2 Å². The van der Waals surface area contributed by atoms with Crippen molar-refractivity contribution in [2.75, 3.05) is 7.11 Å². The number of benzene rings is 3. The first kappa shape index (κ1) is 22.4. The van der Waals surface area contributed by atoms with Crippen LogP contribution in [0.5, 0.6) is 5.75 Å². The third-order valence-electron chi connectivity index (χ3n) is 5.26. The molecule has 0 aliphatic carbocycles. The van der Waals surface area contributed by atoms with Crippen LogP contribution in [-0.4, -0.2) is 17.6 Å². The zero-order chi connectivity index (χ0) is 23.4. The van der Waals surface area contributed by atoms with Gasteiger partial charge in [0.2, 0.25) is 4.80 Å². The molecular weight excluding hydrogens is 432 g/mol. The maximum atomic E-state index is 13.4. The average Bonchev–Trinajstić information content (AvgIpc) is 2.84. The van der Waals surface area contributed by atoms with E-state index in [0.717, 1.165) is 21.7 Å². The van der Waals surface area contributed by atoms with Crippen molar-refractivity contribution in [1.29, 1.82) is 0 Å². The summed E-state index contributed by atoms with van der Waals surface area (Å²) in [4.78, 5) is 31.9. The summed E-state index contributed by atoms with van der Waals surface area (Å²) in [6.45, 7) is 4.15. The molecule has 1 amide bonds. The van der Waals surface area contributed by atoms with Crippen LogP contribution in [0.4, 0.5) is 0 Å². The van der Waals surface area contributed by atoms with Crippen molar-refractivity contribution in [3.8, 4) is 21.9 Å². The van der Waals surface area contributed by atoms with Gasteiger partial charge in [0.1, 0.15) is 5.75 Å². The molecule has 33 heavy (non-hydrogen) atoms. The zero-order valence-electron chi connectivity index (χ0n) is 18.7. The molecule has 0 saturated heterocycles. The molecule has 3 aromatic carbocycles. The van der Waals surface area contributed by atoms with E-state index in [9.17, 15) is 9.59 Å². The van der Waals surface area contributed by atoms with Crippen LogP contribution in [0.3, 0.4) is 0 Å². The lowest BCUT2D eigenvalue weighted by molar-refractivity contribution is 0.0998. The number of hydrogen-bond donors (Lipinski definition) is 0. The van der Waals surface area contributed by atoms with E-state index < -0.39 is 5.91 Å². The average molecular weight is 457 g/mol. The quantitative estimate of drug-likeness (QED) is 0.402. The molecular formula is C27H24N2O3S. The van der Waals surface area contributed by atoms with Crippen LogP contribution in [0.15, 0.2) is 94.7 Å². The number of ether oxygens (including phenoxy) is 1. The molecule has 166 valence electrons. The number of amides is 1. The van der Waals surface area contributed by atoms with Gasteiger partial charge in [-0.2, -0.15) is 4.99 Å². The standard InChI is InChI=1S/C27H24N2O3S/c1-18(2)22-11-7-8-12-23(22)29-25(30)17-24(19-9-5-4-6-10-19)33-27(29)28-26(31)20-13-15-21(32-3)16-14-20/h4-18H,1-3H3. The number of para-hydroxylation sites is 1. The summed E-state index contributed by atoms with van der Waals surface area (Å²) in [6, 6.07) is 25.7. The van der Waals surface area contributed by atoms with Crippen LogP contribution in [0.2, 0.25) is 0 Å². The lowest BCUT2D eigenvalue weighted by Crippen LogP contribution is -2.31. The number of rotatable bonds is 5. The van der Waals surface area contributed by atoms with Gasteiger partial charge < -0.3 is 4.74 Å². The van der Waals surface area contributed by atoms with Crippen molar-refractivity contribution in [1.82, 2.24) is 4.57 Å². The van der Waals surface area contributed by atoms with Crippen molar-refractivity contribution < 1.29 is 9.53 Å². The van der Waals surface area contributed by atoms with Crippen molar-refractivity contribution in [3.63, 3.8) is 0 Å². The Kier molecular flexibility index (Phi) is 6.66. The second-order valence-corrected chi connectivity index (χ2v) is 8.80. The van der Waals surface area contributed by atoms with E-state index in [4.69, 9.17) is 4.74 Å². The minimum atomic E-state index is -0.422. The number of nitrogens with zero attached hydrogens (tertiary/aromatic N) is 2. The molecule has 0 radical (unpaired) electrons. The molecule has 0 bridgehead atoms. The molecule has 1 heterocycles.